The average Bonchev–Trinajstić information content (AvgIpc) is 2.80. The number of rotatable bonds is 5. The van der Waals surface area contributed by atoms with Crippen LogP contribution in [-0.2, 0) is 16.9 Å². The molecule has 0 radical (unpaired) electrons. The summed E-state index contributed by atoms with van der Waals surface area (Å²) in [6.07, 6.45) is 3.47. The van der Waals surface area contributed by atoms with Gasteiger partial charge >= 0.3 is 0 Å². The summed E-state index contributed by atoms with van der Waals surface area (Å²) in [6, 6.07) is 0. The Balaban J connectivity index is 2.28. The Hall–Kier alpha value is -1.30. The van der Waals surface area contributed by atoms with Crippen LogP contribution in [-0.4, -0.2) is 34.8 Å². The maximum absolute atomic E-state index is 11.6. The zero-order chi connectivity index (χ0) is 12.5. The first-order chi connectivity index (χ1) is 8.26. The van der Waals surface area contributed by atoms with Crippen molar-refractivity contribution in [2.75, 3.05) is 19.3 Å². The Labute approximate surface area is 107 Å². The summed E-state index contributed by atoms with van der Waals surface area (Å²) < 4.78 is 11.6. The second-order valence-corrected chi connectivity index (χ2v) is 5.49. The highest BCUT2D eigenvalue weighted by molar-refractivity contribution is 7.90. The predicted molar refractivity (Wildman–Crippen MR) is 68.9 cm³/mol. The van der Waals surface area contributed by atoms with Gasteiger partial charge in [0.15, 0.2) is 11.9 Å². The first-order valence-electron chi connectivity index (χ1n) is 4.87. The zero-order valence-corrected chi connectivity index (χ0v) is 11.0. The third-order valence-electron chi connectivity index (χ3n) is 1.77. The van der Waals surface area contributed by atoms with Crippen LogP contribution in [0.5, 0.6) is 0 Å². The molecule has 1 heterocycles. The molecule has 17 heavy (non-hydrogen) atoms. The summed E-state index contributed by atoms with van der Waals surface area (Å²) >= 11 is 0.527. The van der Waals surface area contributed by atoms with Crippen molar-refractivity contribution < 1.29 is 4.55 Å². The standard InChI is InChI=1S/C9H13N5OS2/c1-11-9(14-7-10)13-3-5-17(15)6-8-12-2-4-16-8/h2,4H,3,5-6H2,1H3,(H2,11,13,14). The molecule has 92 valence electrons. The number of aromatic nitrogens is 1. The quantitative estimate of drug-likeness (QED) is 0.259. The molecule has 1 unspecified atom stereocenters. The summed E-state index contributed by atoms with van der Waals surface area (Å²) in [5.41, 5.74) is 0. The molecule has 2 N–H and O–H groups in total. The second kappa shape index (κ2) is 7.89. The van der Waals surface area contributed by atoms with E-state index in [2.05, 4.69) is 20.6 Å². The van der Waals surface area contributed by atoms with Gasteiger partial charge in [0.2, 0.25) is 5.96 Å². The Morgan fingerprint density at radius 2 is 2.59 bits per heavy atom. The van der Waals surface area contributed by atoms with E-state index in [4.69, 9.17) is 5.26 Å². The van der Waals surface area contributed by atoms with E-state index in [0.29, 0.717) is 24.0 Å². The fourth-order valence-corrected chi connectivity index (χ4v) is 2.88. The van der Waals surface area contributed by atoms with Crippen LogP contribution in [0.2, 0.25) is 0 Å². The number of nitrogens with one attached hydrogen (secondary N) is 2. The van der Waals surface area contributed by atoms with Gasteiger partial charge in [-0.1, -0.05) is 0 Å². The van der Waals surface area contributed by atoms with Gasteiger partial charge in [0.1, 0.15) is 10.8 Å². The van der Waals surface area contributed by atoms with E-state index >= 15 is 0 Å². The lowest BCUT2D eigenvalue weighted by Crippen LogP contribution is -2.32. The second-order valence-electron chi connectivity index (χ2n) is 2.93. The molecule has 1 rings (SSSR count). The Bertz CT molecular complexity index is 387. The lowest BCUT2D eigenvalue weighted by molar-refractivity contribution is 0.594. The molecule has 0 fully saturated rings. The lowest BCUT2D eigenvalue weighted by Gasteiger charge is -2.08. The first kappa shape index (κ1) is 13.8. The molecule has 1 atom stereocenters. The third-order valence-corrected chi connectivity index (χ3v) is 3.96. The van der Waals surface area contributed by atoms with Crippen molar-refractivity contribution in [1.82, 2.24) is 15.6 Å². The largest absolute Gasteiger partial charge is 0.616 e. The van der Waals surface area contributed by atoms with Crippen LogP contribution in [0.3, 0.4) is 0 Å². The van der Waals surface area contributed by atoms with Crippen molar-refractivity contribution >= 4 is 28.5 Å². The van der Waals surface area contributed by atoms with Crippen molar-refractivity contribution in [3.63, 3.8) is 0 Å². The van der Waals surface area contributed by atoms with Gasteiger partial charge < -0.3 is 9.87 Å². The van der Waals surface area contributed by atoms with E-state index in [0.717, 1.165) is 5.01 Å². The van der Waals surface area contributed by atoms with Crippen LogP contribution in [0.25, 0.3) is 0 Å². The predicted octanol–water partition coefficient (Wildman–Crippen LogP) is 0.0379. The van der Waals surface area contributed by atoms with E-state index in [1.165, 1.54) is 11.3 Å². The van der Waals surface area contributed by atoms with E-state index in [1.807, 2.05) is 5.38 Å². The molecular weight excluding hydrogens is 258 g/mol. The van der Waals surface area contributed by atoms with Crippen LogP contribution in [0, 0.1) is 11.5 Å². The molecule has 0 aliphatic heterocycles. The molecule has 0 aromatic carbocycles. The molecule has 0 amide bonds. The summed E-state index contributed by atoms with van der Waals surface area (Å²) in [5.74, 6) is 1.31. The van der Waals surface area contributed by atoms with Gasteiger partial charge in [0.05, 0.1) is 6.54 Å². The highest BCUT2D eigenvalue weighted by atomic mass is 32.2. The maximum Gasteiger partial charge on any atom is 0.204 e. The number of hydrogen-bond acceptors (Lipinski definition) is 5. The van der Waals surface area contributed by atoms with Gasteiger partial charge in [-0.3, -0.25) is 5.32 Å². The Morgan fingerprint density at radius 3 is 3.18 bits per heavy atom. The summed E-state index contributed by atoms with van der Waals surface area (Å²) in [4.78, 5) is 8.13. The average molecular weight is 271 g/mol. The monoisotopic (exact) mass is 271 g/mol. The summed E-state index contributed by atoms with van der Waals surface area (Å²) in [7, 11) is 1.66. The Morgan fingerprint density at radius 1 is 1.76 bits per heavy atom. The maximum atomic E-state index is 11.6. The number of thiazole rings is 1. The molecule has 0 saturated carbocycles. The van der Waals surface area contributed by atoms with Crippen LogP contribution in [0.15, 0.2) is 16.6 Å². The smallest absolute Gasteiger partial charge is 0.204 e. The fourth-order valence-electron chi connectivity index (χ4n) is 1.03. The molecule has 1 aromatic rings. The van der Waals surface area contributed by atoms with Gasteiger partial charge in [-0.05, 0) is 11.2 Å². The van der Waals surface area contributed by atoms with Crippen LogP contribution < -0.4 is 10.6 Å². The highest BCUT2D eigenvalue weighted by Crippen LogP contribution is 2.09. The minimum absolute atomic E-state index is 0.388. The molecule has 6 nitrogen and oxygen atoms in total. The van der Waals surface area contributed by atoms with E-state index < -0.39 is 11.2 Å². The molecular formula is C9H13N5OS2. The molecule has 0 bridgehead atoms. The normalized spacial score (nSPS) is 12.9. The number of hydrogen-bond donors (Lipinski definition) is 2. The van der Waals surface area contributed by atoms with Gasteiger partial charge in [-0.2, -0.15) is 5.26 Å². The van der Waals surface area contributed by atoms with Gasteiger partial charge in [-0.25, -0.2) is 9.98 Å². The van der Waals surface area contributed by atoms with Gasteiger partial charge in [0, 0.05) is 18.6 Å². The Kier molecular flexibility index (Phi) is 6.39. The van der Waals surface area contributed by atoms with Gasteiger partial charge in [-0.15, -0.1) is 11.3 Å². The summed E-state index contributed by atoms with van der Waals surface area (Å²) in [5, 5.41) is 16.2. The van der Waals surface area contributed by atoms with Gasteiger partial charge in [0.25, 0.3) is 0 Å². The number of guanidine groups is 1. The first-order valence-corrected chi connectivity index (χ1v) is 7.23. The minimum atomic E-state index is -0.969. The molecule has 0 aliphatic rings. The van der Waals surface area contributed by atoms with Crippen LogP contribution in [0.4, 0.5) is 0 Å². The van der Waals surface area contributed by atoms with Crippen LogP contribution >= 0.6 is 11.3 Å². The summed E-state index contributed by atoms with van der Waals surface area (Å²) in [6.45, 7) is 0.406. The molecule has 8 heteroatoms. The van der Waals surface area contributed by atoms with Crippen molar-refractivity contribution in [2.45, 2.75) is 5.75 Å². The van der Waals surface area contributed by atoms with E-state index in [-0.39, 0.29) is 0 Å². The highest BCUT2D eigenvalue weighted by Gasteiger charge is 2.09. The van der Waals surface area contributed by atoms with Crippen molar-refractivity contribution in [1.29, 1.82) is 5.26 Å². The minimum Gasteiger partial charge on any atom is -0.616 e. The molecule has 0 saturated heterocycles. The lowest BCUT2D eigenvalue weighted by atomic mass is 10.7. The molecule has 0 aliphatic carbocycles. The SMILES string of the molecule is CN/C(=N/CC[S+]([O-])Cc1nccs1)NC#N. The number of nitrogens with zero attached hydrogens (tertiary/aromatic N) is 3. The van der Waals surface area contributed by atoms with Crippen molar-refractivity contribution in [3.8, 4) is 6.19 Å². The molecule has 0 spiro atoms. The topological polar surface area (TPSA) is 96.2 Å². The van der Waals surface area contributed by atoms with E-state index in [1.54, 1.807) is 19.4 Å². The fraction of sp³-hybridized carbons (Fsp3) is 0.444. The molecule has 1 aromatic heterocycles. The van der Waals surface area contributed by atoms with E-state index in [9.17, 15) is 4.55 Å². The number of aliphatic imine (C=N–C) groups is 1. The van der Waals surface area contributed by atoms with Crippen molar-refractivity contribution in [3.05, 3.63) is 16.6 Å². The van der Waals surface area contributed by atoms with Crippen molar-refractivity contribution in [2.24, 2.45) is 4.99 Å². The zero-order valence-electron chi connectivity index (χ0n) is 9.34. The van der Waals surface area contributed by atoms with Crippen LogP contribution in [0.1, 0.15) is 5.01 Å². The number of nitriles is 1. The third kappa shape index (κ3) is 5.53.